The van der Waals surface area contributed by atoms with E-state index >= 15 is 0 Å². The Morgan fingerprint density at radius 1 is 1.11 bits per heavy atom. The first-order chi connectivity index (χ1) is 17.2. The number of para-hydroxylation sites is 1. The van der Waals surface area contributed by atoms with Gasteiger partial charge in [-0.2, -0.15) is 4.98 Å². The summed E-state index contributed by atoms with van der Waals surface area (Å²) in [4.78, 5) is 14.3. The van der Waals surface area contributed by atoms with E-state index in [9.17, 15) is 15.3 Å². The average molecular weight is 550 g/mol. The van der Waals surface area contributed by atoms with Crippen LogP contribution in [0.15, 0.2) is 24.3 Å². The zero-order valence-electron chi connectivity index (χ0n) is 21.3. The second-order valence-electron chi connectivity index (χ2n) is 10.4. The van der Waals surface area contributed by atoms with Crippen LogP contribution in [0.25, 0.3) is 20.8 Å². The molecule has 1 saturated heterocycles. The number of halogens is 1. The van der Waals surface area contributed by atoms with Gasteiger partial charge in [0.1, 0.15) is 16.9 Å². The van der Waals surface area contributed by atoms with Crippen LogP contribution in [0, 0.1) is 12.8 Å². The quantitative estimate of drug-likeness (QED) is 0.299. The Labute approximate surface area is 227 Å². The molecule has 0 spiro atoms. The van der Waals surface area contributed by atoms with Crippen molar-refractivity contribution in [1.82, 2.24) is 15.0 Å². The second kappa shape index (κ2) is 11.3. The van der Waals surface area contributed by atoms with Gasteiger partial charge in [-0.3, -0.25) is 0 Å². The molecule has 5 atom stereocenters. The van der Waals surface area contributed by atoms with Gasteiger partial charge in [-0.05, 0) is 58.6 Å². The van der Waals surface area contributed by atoms with E-state index in [2.05, 4.69) is 10.6 Å². The molecule has 2 fully saturated rings. The van der Waals surface area contributed by atoms with Crippen LogP contribution in [0.3, 0.4) is 0 Å². The smallest absolute Gasteiger partial charge is 0.224 e. The molecule has 37 heavy (non-hydrogen) atoms. The molecule has 202 valence electrons. The third kappa shape index (κ3) is 6.00. The molecule has 9 nitrogen and oxygen atoms in total. The molecule has 1 aromatic carbocycles. The minimum atomic E-state index is -1.12. The van der Waals surface area contributed by atoms with Crippen molar-refractivity contribution >= 4 is 45.7 Å². The molecule has 5 N–H and O–H groups in total. The van der Waals surface area contributed by atoms with Crippen LogP contribution in [-0.2, 0) is 4.74 Å². The molecule has 0 radical (unpaired) electrons. The van der Waals surface area contributed by atoms with Gasteiger partial charge < -0.3 is 30.7 Å². The Bertz CT molecular complexity index is 1180. The second-order valence-corrected chi connectivity index (χ2v) is 11.5. The Hall–Kier alpha value is -2.08. The molecule has 1 aliphatic carbocycles. The first-order valence-electron chi connectivity index (χ1n) is 12.7. The number of aliphatic hydroxyl groups excluding tert-OH is 2. The highest BCUT2D eigenvalue weighted by Gasteiger charge is 2.48. The van der Waals surface area contributed by atoms with Crippen molar-refractivity contribution in [2.24, 2.45) is 5.92 Å². The van der Waals surface area contributed by atoms with Crippen molar-refractivity contribution < 1.29 is 20.1 Å². The Balaban J connectivity index is 0.00000320. The maximum Gasteiger partial charge on any atom is 0.224 e. The number of hydrogen-bond donors (Lipinski definition) is 5. The molecule has 2 aliphatic rings. The lowest BCUT2D eigenvalue weighted by molar-refractivity contribution is -0.0601. The van der Waals surface area contributed by atoms with E-state index in [0.29, 0.717) is 24.7 Å². The fraction of sp³-hybridized carbons (Fsp3) is 0.577. The lowest BCUT2D eigenvalue weighted by Gasteiger charge is -2.28. The van der Waals surface area contributed by atoms with Crippen molar-refractivity contribution in [3.05, 3.63) is 30.0 Å². The van der Waals surface area contributed by atoms with Gasteiger partial charge >= 0.3 is 0 Å². The lowest BCUT2D eigenvalue weighted by atomic mass is 9.88. The van der Waals surface area contributed by atoms with Crippen LogP contribution in [0.5, 0.6) is 0 Å². The number of aliphatic hydroxyl groups is 3. The van der Waals surface area contributed by atoms with Crippen molar-refractivity contribution in [3.63, 3.8) is 0 Å². The summed E-state index contributed by atoms with van der Waals surface area (Å²) in [6.07, 6.45) is 1.68. The highest BCUT2D eigenvalue weighted by Crippen LogP contribution is 2.40. The third-order valence-corrected chi connectivity index (χ3v) is 8.33. The average Bonchev–Trinajstić information content (AvgIpc) is 3.39. The molecule has 2 aromatic heterocycles. The number of nitrogens with one attached hydrogen (secondary N) is 2. The van der Waals surface area contributed by atoms with Gasteiger partial charge in [0, 0.05) is 19.1 Å². The summed E-state index contributed by atoms with van der Waals surface area (Å²) < 4.78 is 6.90. The molecule has 3 heterocycles. The molecule has 3 aromatic rings. The molecule has 1 aliphatic heterocycles. The van der Waals surface area contributed by atoms with Crippen molar-refractivity contribution in [2.45, 2.75) is 76.4 Å². The summed E-state index contributed by atoms with van der Waals surface area (Å²) in [5.41, 5.74) is 1.30. The van der Waals surface area contributed by atoms with Crippen LogP contribution in [-0.4, -0.2) is 73.4 Å². The fourth-order valence-electron chi connectivity index (χ4n) is 5.22. The van der Waals surface area contributed by atoms with Gasteiger partial charge in [0.15, 0.2) is 0 Å². The standard InChI is InChI=1S/C26H35N5O4S.ClH/c1-14-20(24-30-17-9-4-5-10-19(17)36-24)23(29-18-12-16(26(2,3)34)21(32)22(18)33)31-25(28-14)27-13-15-8-6-7-11-35-15;/h4-5,9-10,15-16,18,21-22,32-34H,6-8,11-13H2,1-3H3,(H2,27,28,29,31);1H/t15?,16-,18+,21+,22-;/m0./s1. The Morgan fingerprint density at radius 2 is 1.89 bits per heavy atom. The van der Waals surface area contributed by atoms with Crippen LogP contribution < -0.4 is 10.6 Å². The maximum absolute atomic E-state index is 10.8. The maximum atomic E-state index is 10.8. The van der Waals surface area contributed by atoms with Gasteiger partial charge in [-0.15, -0.1) is 23.7 Å². The number of aromatic nitrogens is 3. The number of anilines is 2. The topological polar surface area (TPSA) is 133 Å². The summed E-state index contributed by atoms with van der Waals surface area (Å²) >= 11 is 1.56. The molecule has 11 heteroatoms. The van der Waals surface area contributed by atoms with E-state index in [1.165, 1.54) is 0 Å². The highest BCUT2D eigenvalue weighted by atomic mass is 35.5. The number of ether oxygens (including phenoxy) is 1. The largest absolute Gasteiger partial charge is 0.390 e. The minimum absolute atomic E-state index is 0. The summed E-state index contributed by atoms with van der Waals surface area (Å²) in [5.74, 6) is 0.544. The van der Waals surface area contributed by atoms with Crippen LogP contribution in [0.4, 0.5) is 11.8 Å². The van der Waals surface area contributed by atoms with Crippen LogP contribution >= 0.6 is 23.7 Å². The van der Waals surface area contributed by atoms with E-state index in [0.717, 1.165) is 52.4 Å². The molecule has 0 bridgehead atoms. The summed E-state index contributed by atoms with van der Waals surface area (Å²) in [5, 5.41) is 39.5. The van der Waals surface area contributed by atoms with Gasteiger partial charge in [0.05, 0.1) is 45.3 Å². The van der Waals surface area contributed by atoms with Gasteiger partial charge in [0.25, 0.3) is 0 Å². The van der Waals surface area contributed by atoms with E-state index < -0.39 is 29.8 Å². The monoisotopic (exact) mass is 549 g/mol. The number of rotatable bonds is 7. The Morgan fingerprint density at radius 3 is 2.57 bits per heavy atom. The van der Waals surface area contributed by atoms with E-state index in [1.54, 1.807) is 25.2 Å². The molecule has 0 amide bonds. The number of nitrogens with zero attached hydrogens (tertiary/aromatic N) is 3. The minimum Gasteiger partial charge on any atom is -0.390 e. The number of benzene rings is 1. The predicted molar refractivity (Wildman–Crippen MR) is 149 cm³/mol. The Kier molecular flexibility index (Phi) is 8.57. The van der Waals surface area contributed by atoms with Crippen molar-refractivity contribution in [3.8, 4) is 10.6 Å². The summed E-state index contributed by atoms with van der Waals surface area (Å²) in [6, 6.07) is 7.46. The number of fused-ring (bicyclic) bond motifs is 1. The van der Waals surface area contributed by atoms with Gasteiger partial charge in [-0.25, -0.2) is 9.97 Å². The molecule has 1 saturated carbocycles. The number of hydrogen-bond acceptors (Lipinski definition) is 10. The lowest BCUT2D eigenvalue weighted by Crippen LogP contribution is -2.40. The first-order valence-corrected chi connectivity index (χ1v) is 13.5. The van der Waals surface area contributed by atoms with Crippen molar-refractivity contribution in [1.29, 1.82) is 0 Å². The highest BCUT2D eigenvalue weighted by molar-refractivity contribution is 7.21. The molecule has 5 rings (SSSR count). The SMILES string of the molecule is Cc1nc(NCC2CCCCO2)nc(N[C@@H]2C[C@H](C(C)(C)O)[C@@H](O)[C@H]2O)c1-c1nc2ccccc2s1.Cl. The van der Waals surface area contributed by atoms with E-state index in [1.807, 2.05) is 31.2 Å². The summed E-state index contributed by atoms with van der Waals surface area (Å²) in [7, 11) is 0. The molecular weight excluding hydrogens is 514 g/mol. The fourth-order valence-corrected chi connectivity index (χ4v) is 6.28. The molecule has 1 unspecified atom stereocenters. The normalized spacial score (nSPS) is 26.2. The van der Waals surface area contributed by atoms with E-state index in [4.69, 9.17) is 19.7 Å². The van der Waals surface area contributed by atoms with Gasteiger partial charge in [-0.1, -0.05) is 12.1 Å². The number of thiazole rings is 1. The zero-order chi connectivity index (χ0) is 25.4. The summed E-state index contributed by atoms with van der Waals surface area (Å²) in [6.45, 7) is 6.64. The van der Waals surface area contributed by atoms with Gasteiger partial charge in [0.2, 0.25) is 5.95 Å². The van der Waals surface area contributed by atoms with Crippen LogP contribution in [0.1, 0.15) is 45.2 Å². The van der Waals surface area contributed by atoms with Crippen molar-refractivity contribution in [2.75, 3.05) is 23.8 Å². The molecular formula is C26H36ClN5O4S. The third-order valence-electron chi connectivity index (χ3n) is 7.27. The zero-order valence-corrected chi connectivity index (χ0v) is 23.0. The first kappa shape index (κ1) is 27.9. The van der Waals surface area contributed by atoms with Crippen LogP contribution in [0.2, 0.25) is 0 Å². The number of aryl methyl sites for hydroxylation is 1. The van der Waals surface area contributed by atoms with E-state index in [-0.39, 0.29) is 18.5 Å². The predicted octanol–water partition coefficient (Wildman–Crippen LogP) is 3.76.